The Balaban J connectivity index is 2.46. The smallest absolute Gasteiger partial charge is 0.184 e. The molecule has 20 heavy (non-hydrogen) atoms. The molecule has 0 aliphatic heterocycles. The zero-order valence-corrected chi connectivity index (χ0v) is 10.7. The van der Waals surface area contributed by atoms with Crippen LogP contribution in [0.25, 0.3) is 0 Å². The van der Waals surface area contributed by atoms with Crippen molar-refractivity contribution < 1.29 is 18.7 Å². The second-order valence-corrected chi connectivity index (χ2v) is 4.19. The molecule has 4 nitrogen and oxygen atoms in total. The molecule has 0 aromatic heterocycles. The zero-order chi connectivity index (χ0) is 14.7. The summed E-state index contributed by atoms with van der Waals surface area (Å²) < 4.78 is 32.2. The first kappa shape index (κ1) is 14.1. The van der Waals surface area contributed by atoms with Crippen LogP contribution in [0.4, 0.5) is 8.78 Å². The van der Waals surface area contributed by atoms with E-state index in [1.54, 1.807) is 0 Å². The molecule has 2 aromatic rings. The van der Waals surface area contributed by atoms with Crippen molar-refractivity contribution in [2.45, 2.75) is 0 Å². The molecule has 0 bridgehead atoms. The third kappa shape index (κ3) is 2.80. The lowest BCUT2D eigenvalue weighted by molar-refractivity contribution is 0.318. The van der Waals surface area contributed by atoms with Gasteiger partial charge in [-0.3, -0.25) is 0 Å². The number of nitrogens with zero attached hydrogens (tertiary/aromatic N) is 1. The van der Waals surface area contributed by atoms with Gasteiger partial charge in [-0.1, -0.05) is 22.8 Å². The Morgan fingerprint density at radius 2 is 1.95 bits per heavy atom. The number of benzene rings is 2. The quantitative estimate of drug-likeness (QED) is 0.394. The minimum absolute atomic E-state index is 0.00752. The predicted molar refractivity (Wildman–Crippen MR) is 70.4 cm³/mol. The van der Waals surface area contributed by atoms with Gasteiger partial charge in [0, 0.05) is 0 Å². The molecule has 0 aliphatic carbocycles. The molecule has 0 radical (unpaired) electrons. The molecule has 0 unspecified atom stereocenters. The molecule has 2 rings (SSSR count). The van der Waals surface area contributed by atoms with Gasteiger partial charge in [-0.2, -0.15) is 0 Å². The van der Waals surface area contributed by atoms with E-state index in [2.05, 4.69) is 5.16 Å². The zero-order valence-electron chi connectivity index (χ0n) is 9.98. The first-order valence-corrected chi connectivity index (χ1v) is 5.80. The molecule has 0 aliphatic rings. The molecule has 2 aromatic carbocycles. The molecule has 3 N–H and O–H groups in total. The van der Waals surface area contributed by atoms with Gasteiger partial charge in [0.1, 0.15) is 11.6 Å². The maximum absolute atomic E-state index is 13.7. The third-order valence-corrected chi connectivity index (χ3v) is 2.75. The summed E-state index contributed by atoms with van der Waals surface area (Å²) in [5, 5.41) is 11.3. The monoisotopic (exact) mass is 298 g/mol. The fourth-order valence-electron chi connectivity index (χ4n) is 1.53. The van der Waals surface area contributed by atoms with E-state index in [-0.39, 0.29) is 27.9 Å². The summed E-state index contributed by atoms with van der Waals surface area (Å²) in [7, 11) is 0. The largest absolute Gasteiger partial charge is 0.453 e. The number of halogens is 3. The number of oxime groups is 1. The summed E-state index contributed by atoms with van der Waals surface area (Å²) in [5.41, 5.74) is 5.41. The fraction of sp³-hybridized carbons (Fsp3) is 0. The first-order valence-electron chi connectivity index (χ1n) is 5.42. The van der Waals surface area contributed by atoms with E-state index >= 15 is 0 Å². The van der Waals surface area contributed by atoms with Crippen molar-refractivity contribution in [1.29, 1.82) is 0 Å². The van der Waals surface area contributed by atoms with Crippen LogP contribution >= 0.6 is 11.6 Å². The second-order valence-electron chi connectivity index (χ2n) is 3.78. The summed E-state index contributed by atoms with van der Waals surface area (Å²) in [6.07, 6.45) is 0. The van der Waals surface area contributed by atoms with Crippen molar-refractivity contribution >= 4 is 17.4 Å². The lowest BCUT2D eigenvalue weighted by Crippen LogP contribution is -2.14. The van der Waals surface area contributed by atoms with E-state index in [0.29, 0.717) is 0 Å². The van der Waals surface area contributed by atoms with Crippen molar-refractivity contribution in [2.75, 3.05) is 0 Å². The number of hydrogen-bond acceptors (Lipinski definition) is 3. The highest BCUT2D eigenvalue weighted by molar-refractivity contribution is 6.30. The van der Waals surface area contributed by atoms with Crippen LogP contribution < -0.4 is 10.5 Å². The van der Waals surface area contributed by atoms with Gasteiger partial charge < -0.3 is 15.7 Å². The molecular weight excluding hydrogens is 290 g/mol. The highest BCUT2D eigenvalue weighted by atomic mass is 35.5. The Morgan fingerprint density at radius 1 is 1.20 bits per heavy atom. The number of hydrogen-bond donors (Lipinski definition) is 2. The SMILES string of the molecule is N/C(=N/O)c1cc(F)ccc1Oc1cccc(Cl)c1F. The lowest BCUT2D eigenvalue weighted by Gasteiger charge is -2.11. The molecule has 0 spiro atoms. The van der Waals surface area contributed by atoms with Gasteiger partial charge in [-0.25, -0.2) is 8.78 Å². The maximum atomic E-state index is 13.7. The van der Waals surface area contributed by atoms with Crippen LogP contribution in [0.1, 0.15) is 5.56 Å². The number of nitrogens with two attached hydrogens (primary N) is 1. The van der Waals surface area contributed by atoms with Gasteiger partial charge in [0.25, 0.3) is 0 Å². The number of rotatable bonds is 3. The Kier molecular flexibility index (Phi) is 4.05. The Morgan fingerprint density at radius 3 is 2.65 bits per heavy atom. The van der Waals surface area contributed by atoms with E-state index in [4.69, 9.17) is 27.3 Å². The normalized spacial score (nSPS) is 11.4. The van der Waals surface area contributed by atoms with E-state index < -0.39 is 11.6 Å². The molecule has 104 valence electrons. The first-order chi connectivity index (χ1) is 9.52. The standard InChI is InChI=1S/C13H9ClF2N2O2/c14-9-2-1-3-11(12(9)16)20-10-5-4-7(15)6-8(10)13(17)18-19/h1-6,19H,(H2,17,18). The van der Waals surface area contributed by atoms with Crippen LogP contribution in [-0.2, 0) is 0 Å². The second kappa shape index (κ2) is 5.75. The molecule has 0 atom stereocenters. The van der Waals surface area contributed by atoms with Crippen molar-refractivity contribution in [1.82, 2.24) is 0 Å². The van der Waals surface area contributed by atoms with E-state index in [0.717, 1.165) is 12.1 Å². The fourth-order valence-corrected chi connectivity index (χ4v) is 1.69. The molecule has 7 heteroatoms. The Bertz CT molecular complexity index is 677. The highest BCUT2D eigenvalue weighted by Crippen LogP contribution is 2.31. The predicted octanol–water partition coefficient (Wildman–Crippen LogP) is 3.51. The van der Waals surface area contributed by atoms with Gasteiger partial charge in [0.05, 0.1) is 10.6 Å². The highest BCUT2D eigenvalue weighted by Gasteiger charge is 2.14. The van der Waals surface area contributed by atoms with Crippen LogP contribution in [0, 0.1) is 11.6 Å². The lowest BCUT2D eigenvalue weighted by atomic mass is 10.2. The van der Waals surface area contributed by atoms with Gasteiger partial charge in [0.15, 0.2) is 17.4 Å². The van der Waals surface area contributed by atoms with Crippen molar-refractivity contribution in [2.24, 2.45) is 10.9 Å². The molecule has 0 heterocycles. The van der Waals surface area contributed by atoms with Crippen LogP contribution in [0.3, 0.4) is 0 Å². The van der Waals surface area contributed by atoms with Gasteiger partial charge >= 0.3 is 0 Å². The van der Waals surface area contributed by atoms with E-state index in [1.807, 2.05) is 0 Å². The average Bonchev–Trinajstić information content (AvgIpc) is 2.44. The minimum Gasteiger partial charge on any atom is -0.453 e. The third-order valence-electron chi connectivity index (χ3n) is 2.46. The average molecular weight is 299 g/mol. The van der Waals surface area contributed by atoms with E-state index in [1.165, 1.54) is 24.3 Å². The van der Waals surface area contributed by atoms with E-state index in [9.17, 15) is 8.78 Å². The van der Waals surface area contributed by atoms with Crippen LogP contribution in [0.15, 0.2) is 41.6 Å². The molecule has 0 saturated heterocycles. The summed E-state index contributed by atoms with van der Waals surface area (Å²) in [6.45, 7) is 0. The van der Waals surface area contributed by atoms with Gasteiger partial charge in [0.2, 0.25) is 0 Å². The summed E-state index contributed by atoms with van der Waals surface area (Å²) >= 11 is 5.63. The Hall–Kier alpha value is -2.34. The molecular formula is C13H9ClF2N2O2. The molecule has 0 saturated carbocycles. The van der Waals surface area contributed by atoms with Crippen molar-refractivity contribution in [3.63, 3.8) is 0 Å². The summed E-state index contributed by atoms with van der Waals surface area (Å²) in [4.78, 5) is 0. The number of ether oxygens (including phenoxy) is 1. The van der Waals surface area contributed by atoms with Gasteiger partial charge in [-0.15, -0.1) is 0 Å². The summed E-state index contributed by atoms with van der Waals surface area (Å²) in [6, 6.07) is 7.55. The minimum atomic E-state index is -0.760. The van der Waals surface area contributed by atoms with Crippen LogP contribution in [0.2, 0.25) is 5.02 Å². The van der Waals surface area contributed by atoms with Crippen LogP contribution in [-0.4, -0.2) is 11.0 Å². The molecule has 0 amide bonds. The number of amidine groups is 1. The van der Waals surface area contributed by atoms with Crippen LogP contribution in [0.5, 0.6) is 11.5 Å². The topological polar surface area (TPSA) is 67.8 Å². The van der Waals surface area contributed by atoms with Gasteiger partial charge in [-0.05, 0) is 30.3 Å². The molecule has 0 fully saturated rings. The summed E-state index contributed by atoms with van der Waals surface area (Å²) in [5.74, 6) is -1.85. The Labute approximate surface area is 118 Å². The maximum Gasteiger partial charge on any atom is 0.184 e. The van der Waals surface area contributed by atoms with Crippen molar-refractivity contribution in [3.05, 3.63) is 58.6 Å². The van der Waals surface area contributed by atoms with Crippen molar-refractivity contribution in [3.8, 4) is 11.5 Å².